The number of hydrogen-bond donors (Lipinski definition) is 0. The van der Waals surface area contributed by atoms with Gasteiger partial charge in [-0.2, -0.15) is 0 Å². The van der Waals surface area contributed by atoms with Gasteiger partial charge in [-0.1, -0.05) is 19.1 Å². The lowest BCUT2D eigenvalue weighted by atomic mass is 10.1. The van der Waals surface area contributed by atoms with Crippen LogP contribution in [0.5, 0.6) is 0 Å². The minimum Gasteiger partial charge on any atom is -0.264 e. The predicted octanol–water partition coefficient (Wildman–Crippen LogP) is 2.89. The van der Waals surface area contributed by atoms with Crippen molar-refractivity contribution in [3.05, 3.63) is 36.2 Å². The number of pyridine rings is 1. The second-order valence-electron chi connectivity index (χ2n) is 2.54. The van der Waals surface area contributed by atoms with E-state index in [2.05, 4.69) is 31.0 Å². The SMILES string of the molecule is CC/C=C(\C)c1cccnc1. The Morgan fingerprint density at radius 3 is 3.00 bits per heavy atom. The van der Waals surface area contributed by atoms with Gasteiger partial charge in [-0.25, -0.2) is 0 Å². The molecular weight excluding hydrogens is 134 g/mol. The van der Waals surface area contributed by atoms with Crippen molar-refractivity contribution < 1.29 is 0 Å². The van der Waals surface area contributed by atoms with Crippen molar-refractivity contribution in [3.63, 3.8) is 0 Å². The number of allylic oxidation sites excluding steroid dienone is 2. The van der Waals surface area contributed by atoms with E-state index >= 15 is 0 Å². The molecule has 0 spiro atoms. The molecule has 0 aliphatic heterocycles. The normalized spacial score (nSPS) is 11.6. The summed E-state index contributed by atoms with van der Waals surface area (Å²) in [5.74, 6) is 0. The average Bonchev–Trinajstić information content (AvgIpc) is 2.07. The van der Waals surface area contributed by atoms with Crippen LogP contribution in [0, 0.1) is 0 Å². The van der Waals surface area contributed by atoms with Crippen LogP contribution in [0.1, 0.15) is 25.8 Å². The van der Waals surface area contributed by atoms with Crippen LogP contribution in [0.15, 0.2) is 30.6 Å². The Bertz CT molecular complexity index is 236. The summed E-state index contributed by atoms with van der Waals surface area (Å²) in [5, 5.41) is 0. The highest BCUT2D eigenvalue weighted by Crippen LogP contribution is 2.11. The molecule has 0 N–H and O–H groups in total. The second-order valence-corrected chi connectivity index (χ2v) is 2.54. The maximum absolute atomic E-state index is 4.05. The molecule has 1 aromatic rings. The van der Waals surface area contributed by atoms with Crippen LogP contribution in [0.2, 0.25) is 0 Å². The zero-order chi connectivity index (χ0) is 8.10. The molecule has 0 saturated heterocycles. The number of rotatable bonds is 2. The number of hydrogen-bond acceptors (Lipinski definition) is 1. The first-order valence-corrected chi connectivity index (χ1v) is 3.91. The van der Waals surface area contributed by atoms with Crippen molar-refractivity contribution >= 4 is 5.57 Å². The molecule has 1 rings (SSSR count). The number of aromatic nitrogens is 1. The van der Waals surface area contributed by atoms with E-state index in [0.717, 1.165) is 6.42 Å². The molecular formula is C10H13N. The molecule has 0 aromatic carbocycles. The van der Waals surface area contributed by atoms with E-state index < -0.39 is 0 Å². The Kier molecular flexibility index (Phi) is 2.84. The molecule has 1 heterocycles. The zero-order valence-corrected chi connectivity index (χ0v) is 7.04. The van der Waals surface area contributed by atoms with E-state index in [9.17, 15) is 0 Å². The molecule has 0 amide bonds. The van der Waals surface area contributed by atoms with Gasteiger partial charge in [0.2, 0.25) is 0 Å². The molecule has 11 heavy (non-hydrogen) atoms. The van der Waals surface area contributed by atoms with Crippen molar-refractivity contribution in [2.75, 3.05) is 0 Å². The first-order valence-electron chi connectivity index (χ1n) is 3.91. The summed E-state index contributed by atoms with van der Waals surface area (Å²) in [4.78, 5) is 4.05. The molecule has 1 aromatic heterocycles. The summed E-state index contributed by atoms with van der Waals surface area (Å²) < 4.78 is 0. The molecule has 0 unspecified atom stereocenters. The van der Waals surface area contributed by atoms with Gasteiger partial charge in [-0.05, 0) is 30.5 Å². The topological polar surface area (TPSA) is 12.9 Å². The third-order valence-electron chi connectivity index (χ3n) is 1.63. The smallest absolute Gasteiger partial charge is 0.0342 e. The van der Waals surface area contributed by atoms with E-state index in [1.165, 1.54) is 11.1 Å². The molecule has 1 nitrogen and oxygen atoms in total. The Morgan fingerprint density at radius 1 is 1.64 bits per heavy atom. The zero-order valence-electron chi connectivity index (χ0n) is 7.04. The monoisotopic (exact) mass is 147 g/mol. The van der Waals surface area contributed by atoms with Crippen LogP contribution in [-0.4, -0.2) is 4.98 Å². The second kappa shape index (κ2) is 3.91. The minimum atomic E-state index is 1.08. The van der Waals surface area contributed by atoms with E-state index in [0.29, 0.717) is 0 Å². The molecule has 0 bridgehead atoms. The maximum Gasteiger partial charge on any atom is 0.0342 e. The van der Waals surface area contributed by atoms with Crippen LogP contribution in [0.3, 0.4) is 0 Å². The molecule has 1 heteroatoms. The van der Waals surface area contributed by atoms with Gasteiger partial charge in [0.05, 0.1) is 0 Å². The summed E-state index contributed by atoms with van der Waals surface area (Å²) in [6, 6.07) is 4.04. The lowest BCUT2D eigenvalue weighted by molar-refractivity contribution is 1.21. The van der Waals surface area contributed by atoms with Gasteiger partial charge >= 0.3 is 0 Å². The van der Waals surface area contributed by atoms with E-state index in [1.807, 2.05) is 12.3 Å². The fraction of sp³-hybridized carbons (Fsp3) is 0.300. The van der Waals surface area contributed by atoms with Crippen LogP contribution in [0.4, 0.5) is 0 Å². The van der Waals surface area contributed by atoms with E-state index in [-0.39, 0.29) is 0 Å². The molecule has 0 fully saturated rings. The van der Waals surface area contributed by atoms with E-state index in [4.69, 9.17) is 0 Å². The first-order chi connectivity index (χ1) is 5.34. The van der Waals surface area contributed by atoms with Gasteiger partial charge in [-0.15, -0.1) is 0 Å². The molecule has 0 saturated carbocycles. The van der Waals surface area contributed by atoms with Gasteiger partial charge in [-0.3, -0.25) is 4.98 Å². The van der Waals surface area contributed by atoms with Gasteiger partial charge in [0.25, 0.3) is 0 Å². The Morgan fingerprint density at radius 2 is 2.45 bits per heavy atom. The average molecular weight is 147 g/mol. The Balaban J connectivity index is 2.85. The van der Waals surface area contributed by atoms with Crippen molar-refractivity contribution in [2.45, 2.75) is 20.3 Å². The first kappa shape index (κ1) is 7.99. The Hall–Kier alpha value is -1.11. The van der Waals surface area contributed by atoms with Gasteiger partial charge in [0, 0.05) is 12.4 Å². The summed E-state index contributed by atoms with van der Waals surface area (Å²) in [6.07, 6.45) is 6.97. The van der Waals surface area contributed by atoms with Crippen molar-refractivity contribution in [2.24, 2.45) is 0 Å². The molecule has 58 valence electrons. The fourth-order valence-corrected chi connectivity index (χ4v) is 1.02. The highest BCUT2D eigenvalue weighted by atomic mass is 14.6. The quantitative estimate of drug-likeness (QED) is 0.626. The molecule has 0 aliphatic carbocycles. The summed E-state index contributed by atoms with van der Waals surface area (Å²) in [6.45, 7) is 4.25. The van der Waals surface area contributed by atoms with E-state index in [1.54, 1.807) is 6.20 Å². The standard InChI is InChI=1S/C10H13N/c1-3-5-9(2)10-6-4-7-11-8-10/h4-8H,3H2,1-2H3/b9-5+. The van der Waals surface area contributed by atoms with Crippen molar-refractivity contribution in [1.29, 1.82) is 0 Å². The van der Waals surface area contributed by atoms with Crippen LogP contribution >= 0.6 is 0 Å². The summed E-state index contributed by atoms with van der Waals surface area (Å²) in [5.41, 5.74) is 2.52. The fourth-order valence-electron chi connectivity index (χ4n) is 1.02. The highest BCUT2D eigenvalue weighted by molar-refractivity contribution is 5.62. The predicted molar refractivity (Wildman–Crippen MR) is 48.2 cm³/mol. The van der Waals surface area contributed by atoms with Crippen molar-refractivity contribution in [3.8, 4) is 0 Å². The third-order valence-corrected chi connectivity index (χ3v) is 1.63. The maximum atomic E-state index is 4.05. The van der Waals surface area contributed by atoms with Crippen LogP contribution < -0.4 is 0 Å². The summed E-state index contributed by atoms with van der Waals surface area (Å²) in [7, 11) is 0. The summed E-state index contributed by atoms with van der Waals surface area (Å²) >= 11 is 0. The number of nitrogens with zero attached hydrogens (tertiary/aromatic N) is 1. The lowest BCUT2D eigenvalue weighted by Gasteiger charge is -1.97. The largest absolute Gasteiger partial charge is 0.264 e. The molecule has 0 radical (unpaired) electrons. The van der Waals surface area contributed by atoms with Gasteiger partial charge < -0.3 is 0 Å². The van der Waals surface area contributed by atoms with Crippen LogP contribution in [0.25, 0.3) is 5.57 Å². The Labute approximate surface area is 67.8 Å². The van der Waals surface area contributed by atoms with Crippen molar-refractivity contribution in [1.82, 2.24) is 4.98 Å². The third kappa shape index (κ3) is 2.19. The van der Waals surface area contributed by atoms with Gasteiger partial charge in [0.15, 0.2) is 0 Å². The molecule has 0 atom stereocenters. The van der Waals surface area contributed by atoms with Crippen LogP contribution in [-0.2, 0) is 0 Å². The van der Waals surface area contributed by atoms with Gasteiger partial charge in [0.1, 0.15) is 0 Å². The lowest BCUT2D eigenvalue weighted by Crippen LogP contribution is -1.79. The highest BCUT2D eigenvalue weighted by Gasteiger charge is 1.91. The molecule has 0 aliphatic rings. The minimum absolute atomic E-state index is 1.08.